The summed E-state index contributed by atoms with van der Waals surface area (Å²) in [6.07, 6.45) is -2.72. The second-order valence-electron chi connectivity index (χ2n) is 2.91. The smallest absolute Gasteiger partial charge is 0.170 e. The molecule has 0 bridgehead atoms. The lowest BCUT2D eigenvalue weighted by molar-refractivity contribution is 0.0526. The van der Waals surface area contributed by atoms with E-state index in [1.165, 1.54) is 25.3 Å². The minimum absolute atomic E-state index is 0.380. The van der Waals surface area contributed by atoms with Crippen LogP contribution in [0.25, 0.3) is 0 Å². The van der Waals surface area contributed by atoms with Crippen LogP contribution in [-0.2, 0) is 0 Å². The fraction of sp³-hybridized carbons (Fsp3) is 0.300. The Balaban J connectivity index is 3.01. The molecule has 2 N–H and O–H groups in total. The van der Waals surface area contributed by atoms with Crippen LogP contribution in [0, 0.1) is 11.3 Å². The van der Waals surface area contributed by atoms with Crippen molar-refractivity contribution < 1.29 is 14.9 Å². The monoisotopic (exact) mass is 227 g/mol. The Bertz CT molecular complexity index is 389. The molecule has 15 heavy (non-hydrogen) atoms. The number of aliphatic hydroxyl groups is 2. The summed E-state index contributed by atoms with van der Waals surface area (Å²) >= 11 is 5.78. The van der Waals surface area contributed by atoms with Crippen molar-refractivity contribution in [3.05, 3.63) is 28.8 Å². The lowest BCUT2D eigenvalue weighted by atomic mass is 10.1. The lowest BCUT2D eigenvalue weighted by Gasteiger charge is -2.13. The number of aliphatic hydroxyl groups excluding tert-OH is 2. The van der Waals surface area contributed by atoms with Crippen LogP contribution in [0.5, 0.6) is 5.75 Å². The molecule has 0 radical (unpaired) electrons. The molecule has 0 aliphatic heterocycles. The minimum Gasteiger partial charge on any atom is -0.495 e. The van der Waals surface area contributed by atoms with Gasteiger partial charge in [0, 0.05) is 0 Å². The summed E-state index contributed by atoms with van der Waals surface area (Å²) in [6.45, 7) is 0. The molecule has 5 heteroatoms. The number of methoxy groups -OCH3 is 1. The average Bonchev–Trinajstić information content (AvgIpc) is 2.27. The highest BCUT2D eigenvalue weighted by Gasteiger charge is 2.18. The zero-order valence-electron chi connectivity index (χ0n) is 8.01. The van der Waals surface area contributed by atoms with Gasteiger partial charge in [-0.3, -0.25) is 0 Å². The van der Waals surface area contributed by atoms with E-state index in [0.29, 0.717) is 16.3 Å². The van der Waals surface area contributed by atoms with Gasteiger partial charge in [0.25, 0.3) is 0 Å². The van der Waals surface area contributed by atoms with Crippen molar-refractivity contribution in [1.82, 2.24) is 0 Å². The van der Waals surface area contributed by atoms with Gasteiger partial charge in [-0.25, -0.2) is 0 Å². The molecule has 0 fully saturated rings. The predicted molar refractivity (Wildman–Crippen MR) is 54.6 cm³/mol. The van der Waals surface area contributed by atoms with E-state index in [1.807, 2.05) is 0 Å². The molecule has 0 saturated heterocycles. The second-order valence-corrected chi connectivity index (χ2v) is 3.32. The van der Waals surface area contributed by atoms with E-state index >= 15 is 0 Å². The highest BCUT2D eigenvalue weighted by molar-refractivity contribution is 6.32. The van der Waals surface area contributed by atoms with Gasteiger partial charge in [-0.15, -0.1) is 0 Å². The van der Waals surface area contributed by atoms with Gasteiger partial charge in [0.2, 0.25) is 0 Å². The summed E-state index contributed by atoms with van der Waals surface area (Å²) in [4.78, 5) is 0. The van der Waals surface area contributed by atoms with Gasteiger partial charge >= 0.3 is 0 Å². The van der Waals surface area contributed by atoms with Crippen molar-refractivity contribution >= 4 is 11.6 Å². The predicted octanol–water partition coefficient (Wildman–Crippen LogP) is 1.27. The molecule has 0 heterocycles. The largest absolute Gasteiger partial charge is 0.495 e. The summed E-state index contributed by atoms with van der Waals surface area (Å²) in [7, 11) is 1.44. The summed E-state index contributed by atoms with van der Waals surface area (Å²) in [6, 6.07) is 6.08. The summed E-state index contributed by atoms with van der Waals surface area (Å²) in [5.74, 6) is 0.387. The molecule has 2 atom stereocenters. The van der Waals surface area contributed by atoms with Crippen LogP contribution in [0.1, 0.15) is 11.7 Å². The first kappa shape index (κ1) is 11.8. The van der Waals surface area contributed by atoms with E-state index in [9.17, 15) is 5.11 Å². The number of hydrogen-bond donors (Lipinski definition) is 2. The zero-order chi connectivity index (χ0) is 11.4. The van der Waals surface area contributed by atoms with E-state index in [2.05, 4.69) is 0 Å². The lowest BCUT2D eigenvalue weighted by Crippen LogP contribution is -2.15. The van der Waals surface area contributed by atoms with Crippen LogP contribution in [0.15, 0.2) is 18.2 Å². The van der Waals surface area contributed by atoms with Gasteiger partial charge in [0.05, 0.1) is 18.2 Å². The van der Waals surface area contributed by atoms with E-state index in [0.717, 1.165) is 0 Å². The molecule has 2 unspecified atom stereocenters. The number of hydrogen-bond acceptors (Lipinski definition) is 4. The van der Waals surface area contributed by atoms with E-state index in [4.69, 9.17) is 26.7 Å². The Morgan fingerprint density at radius 2 is 2.13 bits per heavy atom. The van der Waals surface area contributed by atoms with Crippen molar-refractivity contribution in [1.29, 1.82) is 5.26 Å². The molecule has 0 saturated carbocycles. The highest BCUT2D eigenvalue weighted by atomic mass is 35.5. The first-order valence-corrected chi connectivity index (χ1v) is 4.57. The Hall–Kier alpha value is -1.28. The maximum atomic E-state index is 9.53. The molecule has 0 aromatic heterocycles. The van der Waals surface area contributed by atoms with Crippen molar-refractivity contribution in [2.75, 3.05) is 7.11 Å². The molecule has 1 aromatic carbocycles. The molecule has 1 aromatic rings. The van der Waals surface area contributed by atoms with Gasteiger partial charge < -0.3 is 14.9 Å². The molecule has 1 rings (SSSR count). The van der Waals surface area contributed by atoms with Crippen LogP contribution in [0.2, 0.25) is 5.02 Å². The maximum absolute atomic E-state index is 9.53. The average molecular weight is 228 g/mol. The number of nitriles is 1. The van der Waals surface area contributed by atoms with Crippen LogP contribution < -0.4 is 4.74 Å². The van der Waals surface area contributed by atoms with E-state index in [1.54, 1.807) is 6.07 Å². The van der Waals surface area contributed by atoms with Crippen LogP contribution in [0.4, 0.5) is 0 Å². The number of benzene rings is 1. The van der Waals surface area contributed by atoms with Crippen molar-refractivity contribution in [2.45, 2.75) is 12.2 Å². The molecular formula is C10H10ClNO3. The van der Waals surface area contributed by atoms with E-state index in [-0.39, 0.29) is 0 Å². The van der Waals surface area contributed by atoms with Crippen LogP contribution in [-0.4, -0.2) is 23.4 Å². The second kappa shape index (κ2) is 4.99. The van der Waals surface area contributed by atoms with Crippen LogP contribution in [0.3, 0.4) is 0 Å². The standard InChI is InChI=1S/C10H10ClNO3/c1-15-9-4-6(2-3-7(9)11)10(14)8(13)5-12/h2-4,8,10,13-14H,1H3. The number of nitrogens with zero attached hydrogens (tertiary/aromatic N) is 1. The molecule has 4 nitrogen and oxygen atoms in total. The minimum atomic E-state index is -1.46. The Morgan fingerprint density at radius 1 is 1.47 bits per heavy atom. The number of ether oxygens (including phenoxy) is 1. The third-order valence-electron chi connectivity index (χ3n) is 1.95. The van der Waals surface area contributed by atoms with Gasteiger partial charge in [-0.05, 0) is 17.7 Å². The summed E-state index contributed by atoms with van der Waals surface area (Å²) in [5, 5.41) is 27.5. The van der Waals surface area contributed by atoms with Gasteiger partial charge in [0.15, 0.2) is 6.10 Å². The van der Waals surface area contributed by atoms with Gasteiger partial charge in [-0.2, -0.15) is 5.26 Å². The van der Waals surface area contributed by atoms with Gasteiger partial charge in [-0.1, -0.05) is 17.7 Å². The molecule has 0 aliphatic carbocycles. The maximum Gasteiger partial charge on any atom is 0.170 e. The molecule has 0 spiro atoms. The zero-order valence-corrected chi connectivity index (χ0v) is 8.77. The topological polar surface area (TPSA) is 73.5 Å². The summed E-state index contributed by atoms with van der Waals surface area (Å²) < 4.78 is 4.94. The normalized spacial score (nSPS) is 14.1. The molecule has 0 amide bonds. The fourth-order valence-corrected chi connectivity index (χ4v) is 1.31. The van der Waals surface area contributed by atoms with Gasteiger partial charge in [0.1, 0.15) is 11.9 Å². The van der Waals surface area contributed by atoms with Crippen molar-refractivity contribution in [2.24, 2.45) is 0 Å². The van der Waals surface area contributed by atoms with E-state index < -0.39 is 12.2 Å². The number of rotatable bonds is 3. The third-order valence-corrected chi connectivity index (χ3v) is 2.26. The van der Waals surface area contributed by atoms with Crippen LogP contribution >= 0.6 is 11.6 Å². The quantitative estimate of drug-likeness (QED) is 0.763. The Kier molecular flexibility index (Phi) is 3.92. The fourth-order valence-electron chi connectivity index (χ4n) is 1.11. The van der Waals surface area contributed by atoms with Crippen molar-refractivity contribution in [3.63, 3.8) is 0 Å². The third kappa shape index (κ3) is 2.60. The SMILES string of the molecule is COc1cc(C(O)C(O)C#N)ccc1Cl. The highest BCUT2D eigenvalue weighted by Crippen LogP contribution is 2.28. The summed E-state index contributed by atoms with van der Waals surface area (Å²) in [5.41, 5.74) is 0.380. The Morgan fingerprint density at radius 3 is 2.67 bits per heavy atom. The first-order chi connectivity index (χ1) is 7.10. The Labute approximate surface area is 92.3 Å². The first-order valence-electron chi connectivity index (χ1n) is 4.19. The van der Waals surface area contributed by atoms with Crippen molar-refractivity contribution in [3.8, 4) is 11.8 Å². The number of halogens is 1. The molecule has 0 aliphatic rings. The molecule has 80 valence electrons. The molecular weight excluding hydrogens is 218 g/mol.